The maximum atomic E-state index is 12.8. The van der Waals surface area contributed by atoms with Gasteiger partial charge in [-0.2, -0.15) is 0 Å². The number of allylic oxidation sites excluding steroid dienone is 1. The minimum Gasteiger partial charge on any atom is -0.308 e. The van der Waals surface area contributed by atoms with Gasteiger partial charge in [0.1, 0.15) is 0 Å². The molecular formula is C25H29NO. The van der Waals surface area contributed by atoms with Crippen molar-refractivity contribution in [1.29, 1.82) is 0 Å². The molecule has 1 amide bonds. The van der Waals surface area contributed by atoms with E-state index in [1.807, 2.05) is 4.90 Å². The molecule has 1 aliphatic rings. The van der Waals surface area contributed by atoms with E-state index in [1.54, 1.807) is 6.08 Å². The van der Waals surface area contributed by atoms with Gasteiger partial charge in [0.15, 0.2) is 0 Å². The number of hydrogen-bond donors (Lipinski definition) is 0. The third-order valence-corrected chi connectivity index (χ3v) is 5.01. The van der Waals surface area contributed by atoms with Gasteiger partial charge in [0.2, 0.25) is 0 Å². The Morgan fingerprint density at radius 3 is 2.37 bits per heavy atom. The molecule has 2 nitrogen and oxygen atoms in total. The maximum absolute atomic E-state index is 12.8. The molecule has 0 spiro atoms. The molecule has 1 heterocycles. The third kappa shape index (κ3) is 4.77. The minimum absolute atomic E-state index is 0.0990. The lowest BCUT2D eigenvalue weighted by molar-refractivity contribution is -0.123. The van der Waals surface area contributed by atoms with E-state index < -0.39 is 0 Å². The van der Waals surface area contributed by atoms with Crippen molar-refractivity contribution in [3.8, 4) is 0 Å². The summed E-state index contributed by atoms with van der Waals surface area (Å²) >= 11 is 0. The molecule has 2 aromatic rings. The lowest BCUT2D eigenvalue weighted by Gasteiger charge is -2.21. The largest absolute Gasteiger partial charge is 0.308 e. The van der Waals surface area contributed by atoms with Crippen LogP contribution in [0.5, 0.6) is 0 Å². The fraction of sp³-hybridized carbons (Fsp3) is 0.320. The number of nitrogens with zero attached hydrogens (tertiary/aromatic N) is 1. The second kappa shape index (κ2) is 8.85. The van der Waals surface area contributed by atoms with Gasteiger partial charge in [-0.1, -0.05) is 85.8 Å². The average molecular weight is 360 g/mol. The highest BCUT2D eigenvalue weighted by atomic mass is 16.2. The Labute approximate surface area is 163 Å². The zero-order valence-electron chi connectivity index (χ0n) is 16.7. The first kappa shape index (κ1) is 19.2. The summed E-state index contributed by atoms with van der Waals surface area (Å²) in [5, 5.41) is 0. The first-order valence-corrected chi connectivity index (χ1v) is 9.97. The minimum atomic E-state index is 0.0990. The van der Waals surface area contributed by atoms with Gasteiger partial charge in [0, 0.05) is 18.2 Å². The number of aryl methyl sites for hydroxylation is 2. The lowest BCUT2D eigenvalue weighted by Crippen LogP contribution is -2.25. The molecule has 0 saturated carbocycles. The van der Waals surface area contributed by atoms with Crippen LogP contribution in [-0.4, -0.2) is 17.4 Å². The number of carbonyl (C=O) groups excluding carboxylic acids is 1. The fourth-order valence-electron chi connectivity index (χ4n) is 3.58. The van der Waals surface area contributed by atoms with Crippen molar-refractivity contribution in [2.45, 2.75) is 46.5 Å². The number of benzene rings is 2. The van der Waals surface area contributed by atoms with Crippen molar-refractivity contribution in [1.82, 2.24) is 4.90 Å². The maximum Gasteiger partial charge on any atom is 0.251 e. The van der Waals surface area contributed by atoms with Crippen molar-refractivity contribution >= 4 is 17.6 Å². The summed E-state index contributed by atoms with van der Waals surface area (Å²) in [6, 6.07) is 16.8. The van der Waals surface area contributed by atoms with Crippen LogP contribution >= 0.6 is 0 Å². The van der Waals surface area contributed by atoms with Crippen LogP contribution in [-0.2, 0) is 4.79 Å². The summed E-state index contributed by atoms with van der Waals surface area (Å²) in [5.74, 6) is 0.0990. The normalized spacial score (nSPS) is 15.5. The van der Waals surface area contributed by atoms with Crippen LogP contribution in [0.15, 0.2) is 60.3 Å². The molecule has 0 saturated heterocycles. The third-order valence-electron chi connectivity index (χ3n) is 5.01. The molecule has 0 aromatic heterocycles. The van der Waals surface area contributed by atoms with E-state index in [1.165, 1.54) is 24.0 Å². The van der Waals surface area contributed by atoms with Crippen LogP contribution in [0.3, 0.4) is 0 Å². The van der Waals surface area contributed by atoms with E-state index in [0.717, 1.165) is 41.8 Å². The highest BCUT2D eigenvalue weighted by Crippen LogP contribution is 2.34. The highest BCUT2D eigenvalue weighted by molar-refractivity contribution is 6.08. The average Bonchev–Trinajstić information content (AvgIpc) is 2.94. The van der Waals surface area contributed by atoms with Crippen LogP contribution in [0, 0.1) is 13.8 Å². The summed E-state index contributed by atoms with van der Waals surface area (Å²) in [7, 11) is 0. The van der Waals surface area contributed by atoms with Crippen molar-refractivity contribution in [2.24, 2.45) is 0 Å². The summed E-state index contributed by atoms with van der Waals surface area (Å²) in [5.41, 5.74) is 6.73. The number of hydrogen-bond acceptors (Lipinski definition) is 1. The summed E-state index contributed by atoms with van der Waals surface area (Å²) in [4.78, 5) is 14.7. The Morgan fingerprint density at radius 2 is 1.67 bits per heavy atom. The van der Waals surface area contributed by atoms with E-state index in [9.17, 15) is 4.79 Å². The molecule has 140 valence electrons. The van der Waals surface area contributed by atoms with Crippen LogP contribution in [0.4, 0.5) is 0 Å². The molecular weight excluding hydrogens is 330 g/mol. The van der Waals surface area contributed by atoms with Gasteiger partial charge in [0.05, 0.1) is 5.70 Å². The molecule has 0 radical (unpaired) electrons. The Bertz CT molecular complexity index is 875. The van der Waals surface area contributed by atoms with Gasteiger partial charge in [-0.05, 0) is 37.5 Å². The zero-order valence-corrected chi connectivity index (χ0v) is 16.7. The van der Waals surface area contributed by atoms with Crippen molar-refractivity contribution < 1.29 is 4.79 Å². The molecule has 0 fully saturated rings. The standard InChI is InChI=1S/C25H29NO/c1-4-5-6-7-14-26-24(17-21-12-8-10-19(2)15-21)23(18-25(26)27)22-13-9-11-20(3)16-22/h8-13,15-18H,4-7,14H2,1-3H3/b24-17-. The van der Waals surface area contributed by atoms with Gasteiger partial charge in [-0.3, -0.25) is 4.79 Å². The van der Waals surface area contributed by atoms with Crippen molar-refractivity contribution in [3.63, 3.8) is 0 Å². The van der Waals surface area contributed by atoms with Crippen molar-refractivity contribution in [2.75, 3.05) is 6.54 Å². The number of amides is 1. The monoisotopic (exact) mass is 359 g/mol. The SMILES string of the molecule is CCCCCCN1C(=O)C=C(c2cccc(C)c2)/C1=C/c1cccc(C)c1. The summed E-state index contributed by atoms with van der Waals surface area (Å²) < 4.78 is 0. The van der Waals surface area contributed by atoms with Gasteiger partial charge < -0.3 is 4.90 Å². The lowest BCUT2D eigenvalue weighted by atomic mass is 10.00. The van der Waals surface area contributed by atoms with E-state index in [0.29, 0.717) is 0 Å². The van der Waals surface area contributed by atoms with Gasteiger partial charge in [-0.25, -0.2) is 0 Å². The molecule has 3 rings (SSSR count). The van der Waals surface area contributed by atoms with Gasteiger partial charge in [-0.15, -0.1) is 0 Å². The van der Waals surface area contributed by atoms with Gasteiger partial charge in [0.25, 0.3) is 5.91 Å². The molecule has 0 aliphatic carbocycles. The molecule has 2 heteroatoms. The van der Waals surface area contributed by atoms with E-state index in [4.69, 9.17) is 0 Å². The van der Waals surface area contributed by atoms with Crippen LogP contribution < -0.4 is 0 Å². The quantitative estimate of drug-likeness (QED) is 0.543. The van der Waals surface area contributed by atoms with Crippen LogP contribution in [0.25, 0.3) is 11.6 Å². The van der Waals surface area contributed by atoms with Gasteiger partial charge >= 0.3 is 0 Å². The predicted molar refractivity (Wildman–Crippen MR) is 114 cm³/mol. The topological polar surface area (TPSA) is 20.3 Å². The molecule has 0 unspecified atom stereocenters. The second-order valence-corrected chi connectivity index (χ2v) is 7.42. The Morgan fingerprint density at radius 1 is 0.926 bits per heavy atom. The molecule has 0 N–H and O–H groups in total. The highest BCUT2D eigenvalue weighted by Gasteiger charge is 2.27. The Kier molecular flexibility index (Phi) is 6.28. The molecule has 1 aliphatic heterocycles. The molecule has 0 bridgehead atoms. The van der Waals surface area contributed by atoms with E-state index in [2.05, 4.69) is 75.4 Å². The zero-order chi connectivity index (χ0) is 19.2. The van der Waals surface area contributed by atoms with Crippen molar-refractivity contribution in [3.05, 3.63) is 82.6 Å². The first-order valence-electron chi connectivity index (χ1n) is 9.97. The summed E-state index contributed by atoms with van der Waals surface area (Å²) in [6.45, 7) is 7.18. The number of unbranched alkanes of at least 4 members (excludes halogenated alkanes) is 3. The van der Waals surface area contributed by atoms with E-state index >= 15 is 0 Å². The Balaban J connectivity index is 1.96. The summed E-state index contributed by atoms with van der Waals surface area (Å²) in [6.07, 6.45) is 8.59. The smallest absolute Gasteiger partial charge is 0.251 e. The molecule has 2 aromatic carbocycles. The van der Waals surface area contributed by atoms with Crippen LogP contribution in [0.1, 0.15) is 54.9 Å². The van der Waals surface area contributed by atoms with Crippen LogP contribution in [0.2, 0.25) is 0 Å². The number of rotatable bonds is 7. The molecule has 27 heavy (non-hydrogen) atoms. The fourth-order valence-corrected chi connectivity index (χ4v) is 3.58. The second-order valence-electron chi connectivity index (χ2n) is 7.42. The number of carbonyl (C=O) groups is 1. The predicted octanol–water partition coefficient (Wildman–Crippen LogP) is 6.15. The molecule has 0 atom stereocenters. The van der Waals surface area contributed by atoms with E-state index in [-0.39, 0.29) is 5.91 Å². The first-order chi connectivity index (χ1) is 13.1. The Hall–Kier alpha value is -2.61.